The molecular formula is C14H30N2O2S. The smallest absolute Gasteiger partial charge is 0.153 e. The van der Waals surface area contributed by atoms with Gasteiger partial charge >= 0.3 is 0 Å². The molecule has 0 aromatic heterocycles. The Balaban J connectivity index is 2.48. The van der Waals surface area contributed by atoms with Crippen LogP contribution in [0, 0.1) is 5.92 Å². The van der Waals surface area contributed by atoms with Crippen LogP contribution in [0.5, 0.6) is 0 Å². The van der Waals surface area contributed by atoms with Crippen LogP contribution < -0.4 is 5.32 Å². The van der Waals surface area contributed by atoms with Gasteiger partial charge in [-0.2, -0.15) is 0 Å². The normalized spacial score (nSPS) is 21.5. The number of nitrogens with zero attached hydrogens (tertiary/aromatic N) is 1. The average molecular weight is 290 g/mol. The molecule has 0 amide bonds. The maximum Gasteiger partial charge on any atom is 0.153 e. The van der Waals surface area contributed by atoms with Crippen LogP contribution in [-0.4, -0.2) is 56.5 Å². The zero-order valence-corrected chi connectivity index (χ0v) is 13.7. The van der Waals surface area contributed by atoms with Crippen LogP contribution in [0.15, 0.2) is 0 Å². The Morgan fingerprint density at radius 3 is 2.42 bits per heavy atom. The molecule has 1 N–H and O–H groups in total. The van der Waals surface area contributed by atoms with E-state index >= 15 is 0 Å². The summed E-state index contributed by atoms with van der Waals surface area (Å²) in [5.41, 5.74) is 0. The molecule has 0 radical (unpaired) electrons. The molecule has 1 aliphatic rings. The van der Waals surface area contributed by atoms with Gasteiger partial charge in [-0.3, -0.25) is 4.90 Å². The lowest BCUT2D eigenvalue weighted by molar-refractivity contribution is 0.180. The molecule has 0 aromatic rings. The molecule has 1 saturated heterocycles. The number of hydrogen-bond donors (Lipinski definition) is 1. The number of rotatable bonds is 7. The third kappa shape index (κ3) is 5.79. The summed E-state index contributed by atoms with van der Waals surface area (Å²) in [6, 6.07) is 0.407. The van der Waals surface area contributed by atoms with Crippen LogP contribution in [0.4, 0.5) is 0 Å². The molecule has 5 heteroatoms. The molecule has 1 atom stereocenters. The lowest BCUT2D eigenvalue weighted by atomic mass is 9.98. The molecule has 1 heterocycles. The highest BCUT2D eigenvalue weighted by atomic mass is 32.2. The van der Waals surface area contributed by atoms with Crippen LogP contribution in [0.1, 0.15) is 40.5 Å². The first-order chi connectivity index (χ1) is 8.83. The van der Waals surface area contributed by atoms with Gasteiger partial charge in [-0.1, -0.05) is 0 Å². The molecular weight excluding hydrogens is 260 g/mol. The molecule has 0 aromatic carbocycles. The van der Waals surface area contributed by atoms with E-state index < -0.39 is 9.84 Å². The fourth-order valence-corrected chi connectivity index (χ4v) is 3.41. The van der Waals surface area contributed by atoms with Gasteiger partial charge in [0.05, 0.1) is 11.0 Å². The van der Waals surface area contributed by atoms with E-state index in [1.165, 1.54) is 12.8 Å². The zero-order chi connectivity index (χ0) is 14.5. The molecule has 1 unspecified atom stereocenters. The van der Waals surface area contributed by atoms with Gasteiger partial charge in [-0.25, -0.2) is 8.42 Å². The Bertz CT molecular complexity index is 346. The van der Waals surface area contributed by atoms with E-state index in [0.29, 0.717) is 18.5 Å². The van der Waals surface area contributed by atoms with Crippen molar-refractivity contribution in [3.8, 4) is 0 Å². The van der Waals surface area contributed by atoms with Gasteiger partial charge in [-0.05, 0) is 59.5 Å². The van der Waals surface area contributed by atoms with Gasteiger partial charge in [0.2, 0.25) is 0 Å². The number of hydrogen-bond acceptors (Lipinski definition) is 4. The highest BCUT2D eigenvalue weighted by Gasteiger charge is 2.22. The highest BCUT2D eigenvalue weighted by molar-refractivity contribution is 7.92. The third-order valence-corrected chi connectivity index (χ3v) is 6.19. The SMILES string of the molecule is CC(C)N(CCS(=O)(=O)C(C)C)CC1CCCNC1. The van der Waals surface area contributed by atoms with Crippen LogP contribution in [0.3, 0.4) is 0 Å². The Morgan fingerprint density at radius 1 is 1.26 bits per heavy atom. The first kappa shape index (κ1) is 16.9. The minimum absolute atomic E-state index is 0.266. The number of sulfone groups is 1. The minimum atomic E-state index is -2.92. The first-order valence-corrected chi connectivity index (χ1v) is 9.21. The summed E-state index contributed by atoms with van der Waals surface area (Å²) in [5, 5.41) is 3.16. The molecule has 0 saturated carbocycles. The minimum Gasteiger partial charge on any atom is -0.316 e. The van der Waals surface area contributed by atoms with Crippen LogP contribution >= 0.6 is 0 Å². The fourth-order valence-electron chi connectivity index (χ4n) is 2.45. The van der Waals surface area contributed by atoms with Crippen molar-refractivity contribution in [3.05, 3.63) is 0 Å². The molecule has 114 valence electrons. The monoisotopic (exact) mass is 290 g/mol. The molecule has 4 nitrogen and oxygen atoms in total. The third-order valence-electron chi connectivity index (χ3n) is 4.00. The van der Waals surface area contributed by atoms with E-state index in [2.05, 4.69) is 24.1 Å². The van der Waals surface area contributed by atoms with Gasteiger partial charge in [-0.15, -0.1) is 0 Å². The van der Waals surface area contributed by atoms with E-state index in [1.54, 1.807) is 13.8 Å². The second-order valence-corrected chi connectivity index (χ2v) is 8.89. The van der Waals surface area contributed by atoms with E-state index in [9.17, 15) is 8.42 Å². The summed E-state index contributed by atoms with van der Waals surface area (Å²) in [6.07, 6.45) is 2.49. The summed E-state index contributed by atoms with van der Waals surface area (Å²) >= 11 is 0. The summed E-state index contributed by atoms with van der Waals surface area (Å²) in [7, 11) is -2.92. The van der Waals surface area contributed by atoms with Crippen molar-refractivity contribution in [2.45, 2.75) is 51.8 Å². The fraction of sp³-hybridized carbons (Fsp3) is 1.00. The Kier molecular flexibility index (Phi) is 6.77. The molecule has 1 rings (SSSR count). The van der Waals surface area contributed by atoms with Gasteiger partial charge < -0.3 is 5.32 Å². The van der Waals surface area contributed by atoms with Crippen molar-refractivity contribution in [2.75, 3.05) is 31.9 Å². The van der Waals surface area contributed by atoms with Crippen molar-refractivity contribution < 1.29 is 8.42 Å². The van der Waals surface area contributed by atoms with E-state index in [-0.39, 0.29) is 11.0 Å². The maximum absolute atomic E-state index is 11.9. The summed E-state index contributed by atoms with van der Waals surface area (Å²) in [5.74, 6) is 0.945. The van der Waals surface area contributed by atoms with Gasteiger partial charge in [0.15, 0.2) is 9.84 Å². The van der Waals surface area contributed by atoms with Crippen molar-refractivity contribution in [3.63, 3.8) is 0 Å². The van der Waals surface area contributed by atoms with Crippen LogP contribution in [-0.2, 0) is 9.84 Å². The molecule has 19 heavy (non-hydrogen) atoms. The van der Waals surface area contributed by atoms with Crippen LogP contribution in [0.25, 0.3) is 0 Å². The Hall–Kier alpha value is -0.130. The van der Waals surface area contributed by atoms with Crippen molar-refractivity contribution in [2.24, 2.45) is 5.92 Å². The standard InChI is InChI=1S/C14H30N2O2S/c1-12(2)16(8-9-19(17,18)13(3)4)11-14-6-5-7-15-10-14/h12-15H,5-11H2,1-4H3. The molecule has 0 spiro atoms. The largest absolute Gasteiger partial charge is 0.316 e. The topological polar surface area (TPSA) is 49.4 Å². The maximum atomic E-state index is 11.9. The number of nitrogens with one attached hydrogen (secondary N) is 1. The van der Waals surface area contributed by atoms with Gasteiger partial charge in [0.25, 0.3) is 0 Å². The zero-order valence-electron chi connectivity index (χ0n) is 12.9. The molecule has 1 aliphatic heterocycles. The molecule has 0 aliphatic carbocycles. The summed E-state index contributed by atoms with van der Waals surface area (Å²) in [6.45, 7) is 11.7. The average Bonchev–Trinajstić information content (AvgIpc) is 2.35. The highest BCUT2D eigenvalue weighted by Crippen LogP contribution is 2.14. The summed E-state index contributed by atoms with van der Waals surface area (Å²) in [4.78, 5) is 2.32. The number of piperidine rings is 1. The predicted octanol–water partition coefficient (Wildman–Crippen LogP) is 1.52. The van der Waals surface area contributed by atoms with Crippen LogP contribution in [0.2, 0.25) is 0 Å². The summed E-state index contributed by atoms with van der Waals surface area (Å²) < 4.78 is 23.8. The predicted molar refractivity (Wildman–Crippen MR) is 81.2 cm³/mol. The Labute approximate surface area is 118 Å². The van der Waals surface area contributed by atoms with Gasteiger partial charge in [0, 0.05) is 19.1 Å². The quantitative estimate of drug-likeness (QED) is 0.772. The second-order valence-electron chi connectivity index (χ2n) is 6.22. The van der Waals surface area contributed by atoms with E-state index in [1.807, 2.05) is 0 Å². The second kappa shape index (κ2) is 7.60. The van der Waals surface area contributed by atoms with Crippen molar-refractivity contribution in [1.82, 2.24) is 10.2 Å². The Morgan fingerprint density at radius 2 is 1.95 bits per heavy atom. The molecule has 1 fully saturated rings. The lowest BCUT2D eigenvalue weighted by Gasteiger charge is -2.32. The van der Waals surface area contributed by atoms with E-state index in [4.69, 9.17) is 0 Å². The lowest BCUT2D eigenvalue weighted by Crippen LogP contribution is -2.43. The van der Waals surface area contributed by atoms with Gasteiger partial charge in [0.1, 0.15) is 0 Å². The van der Waals surface area contributed by atoms with E-state index in [0.717, 1.165) is 19.6 Å². The van der Waals surface area contributed by atoms with Crippen molar-refractivity contribution in [1.29, 1.82) is 0 Å². The first-order valence-electron chi connectivity index (χ1n) is 7.49. The van der Waals surface area contributed by atoms with Crippen molar-refractivity contribution >= 4 is 9.84 Å². The molecule has 0 bridgehead atoms.